The Hall–Kier alpha value is -2.34. The summed E-state index contributed by atoms with van der Waals surface area (Å²) in [5.41, 5.74) is 5.80. The van der Waals surface area contributed by atoms with Crippen LogP contribution < -0.4 is 21.7 Å². The highest BCUT2D eigenvalue weighted by atomic mass is 32.1. The van der Waals surface area contributed by atoms with E-state index in [9.17, 15) is 29.1 Å². The van der Waals surface area contributed by atoms with Gasteiger partial charge in [0.1, 0.15) is 18.1 Å². The summed E-state index contributed by atoms with van der Waals surface area (Å²) in [5.74, 6) is -5.41. The van der Waals surface area contributed by atoms with E-state index in [1.807, 2.05) is 13.8 Å². The first-order chi connectivity index (χ1) is 14.3. The molecule has 11 nitrogen and oxygen atoms in total. The quantitative estimate of drug-likeness (QED) is 0.166. The highest BCUT2D eigenvalue weighted by Crippen LogP contribution is 2.09. The zero-order valence-electron chi connectivity index (χ0n) is 18.3. The van der Waals surface area contributed by atoms with E-state index in [1.54, 1.807) is 13.8 Å². The summed E-state index contributed by atoms with van der Waals surface area (Å²) in [6.45, 7) is 7.13. The first kappa shape index (κ1) is 28.7. The topological polar surface area (TPSA) is 188 Å². The maximum absolute atomic E-state index is 12.6. The Bertz CT molecular complexity index is 659. The third kappa shape index (κ3) is 10.5. The van der Waals surface area contributed by atoms with Crippen molar-refractivity contribution in [3.8, 4) is 0 Å². The molecule has 0 bridgehead atoms. The number of hydrogen-bond acceptors (Lipinski definition) is 7. The SMILES string of the molecule is CCC(C)C(NC(=O)C(CC(=O)O)NC(=O)C(CS)NC(=O)C(N)CC(C)C)C(=O)O. The molecule has 0 aromatic rings. The van der Waals surface area contributed by atoms with Gasteiger partial charge in [-0.15, -0.1) is 0 Å². The molecule has 3 amide bonds. The number of nitrogens with one attached hydrogen (secondary N) is 3. The van der Waals surface area contributed by atoms with E-state index >= 15 is 0 Å². The number of aliphatic carboxylic acids is 2. The zero-order valence-corrected chi connectivity index (χ0v) is 19.1. The Labute approximate surface area is 187 Å². The zero-order chi connectivity index (χ0) is 24.3. The van der Waals surface area contributed by atoms with Gasteiger partial charge in [-0.2, -0.15) is 12.6 Å². The van der Waals surface area contributed by atoms with E-state index in [1.165, 1.54) is 0 Å². The third-order valence-corrected chi connectivity index (χ3v) is 5.03. The standard InChI is InChI=1S/C19H34N4O7S/c1-5-10(4)15(19(29)30)23-17(27)12(7-14(24)25)21-18(28)13(8-31)22-16(26)11(20)6-9(2)3/h9-13,15,31H,5-8,20H2,1-4H3,(H,21,28)(H,22,26)(H,23,27)(H,24,25)(H,29,30). The summed E-state index contributed by atoms with van der Waals surface area (Å²) in [4.78, 5) is 59.9. The molecule has 0 saturated heterocycles. The van der Waals surface area contributed by atoms with Gasteiger partial charge in [-0.1, -0.05) is 34.1 Å². The average molecular weight is 463 g/mol. The Kier molecular flexibility index (Phi) is 12.8. The van der Waals surface area contributed by atoms with E-state index in [4.69, 9.17) is 10.8 Å². The maximum Gasteiger partial charge on any atom is 0.326 e. The number of carbonyl (C=O) groups excluding carboxylic acids is 3. The molecule has 12 heteroatoms. The van der Waals surface area contributed by atoms with Gasteiger partial charge >= 0.3 is 11.9 Å². The normalized spacial score (nSPS) is 15.8. The molecule has 5 atom stereocenters. The van der Waals surface area contributed by atoms with Gasteiger partial charge in [-0.05, 0) is 18.3 Å². The average Bonchev–Trinajstić information content (AvgIpc) is 2.67. The number of carboxylic acid groups (broad SMARTS) is 2. The Morgan fingerprint density at radius 3 is 1.84 bits per heavy atom. The third-order valence-electron chi connectivity index (χ3n) is 4.67. The lowest BCUT2D eigenvalue weighted by molar-refractivity contribution is -0.144. The van der Waals surface area contributed by atoms with Crippen molar-refractivity contribution in [2.24, 2.45) is 17.6 Å². The lowest BCUT2D eigenvalue weighted by Crippen LogP contribution is -2.58. The molecule has 7 N–H and O–H groups in total. The molecular formula is C19H34N4O7S. The fourth-order valence-electron chi connectivity index (χ4n) is 2.68. The summed E-state index contributed by atoms with van der Waals surface area (Å²) < 4.78 is 0. The lowest BCUT2D eigenvalue weighted by atomic mass is 9.98. The van der Waals surface area contributed by atoms with E-state index in [2.05, 4.69) is 28.6 Å². The molecule has 0 saturated carbocycles. The summed E-state index contributed by atoms with van der Waals surface area (Å²) in [7, 11) is 0. The van der Waals surface area contributed by atoms with Crippen LogP contribution in [0.15, 0.2) is 0 Å². The van der Waals surface area contributed by atoms with Crippen LogP contribution in [0.2, 0.25) is 0 Å². The number of carboxylic acids is 2. The molecule has 0 heterocycles. The van der Waals surface area contributed by atoms with Crippen LogP contribution in [0.3, 0.4) is 0 Å². The molecule has 178 valence electrons. The van der Waals surface area contributed by atoms with Crippen LogP contribution >= 0.6 is 12.6 Å². The fourth-order valence-corrected chi connectivity index (χ4v) is 2.94. The predicted octanol–water partition coefficient (Wildman–Crippen LogP) is -0.651. The van der Waals surface area contributed by atoms with Crippen LogP contribution in [0.25, 0.3) is 0 Å². The maximum atomic E-state index is 12.6. The van der Waals surface area contributed by atoms with Crippen LogP contribution in [0, 0.1) is 11.8 Å². The Morgan fingerprint density at radius 2 is 1.42 bits per heavy atom. The van der Waals surface area contributed by atoms with E-state index in [-0.39, 0.29) is 11.7 Å². The molecule has 0 aliphatic rings. The van der Waals surface area contributed by atoms with E-state index in [0.717, 1.165) is 0 Å². The van der Waals surface area contributed by atoms with Gasteiger partial charge < -0.3 is 31.9 Å². The summed E-state index contributed by atoms with van der Waals surface area (Å²) in [6, 6.07) is -4.80. The first-order valence-corrected chi connectivity index (χ1v) is 10.7. The smallest absolute Gasteiger partial charge is 0.326 e. The van der Waals surface area contributed by atoms with Crippen LogP contribution in [-0.4, -0.2) is 69.8 Å². The Balaban J connectivity index is 5.32. The molecule has 0 radical (unpaired) electrons. The molecule has 0 rings (SSSR count). The molecule has 0 aliphatic carbocycles. The minimum atomic E-state index is -1.54. The highest BCUT2D eigenvalue weighted by molar-refractivity contribution is 7.80. The molecule has 31 heavy (non-hydrogen) atoms. The van der Waals surface area contributed by atoms with Crippen LogP contribution in [0.4, 0.5) is 0 Å². The van der Waals surface area contributed by atoms with Crippen molar-refractivity contribution in [2.45, 2.75) is 71.1 Å². The molecular weight excluding hydrogens is 428 g/mol. The number of rotatable bonds is 14. The van der Waals surface area contributed by atoms with Crippen LogP contribution in [0.1, 0.15) is 47.0 Å². The van der Waals surface area contributed by atoms with E-state index in [0.29, 0.717) is 12.8 Å². The molecule has 0 aromatic heterocycles. The van der Waals surface area contributed by atoms with Crippen molar-refractivity contribution < 1.29 is 34.2 Å². The Morgan fingerprint density at radius 1 is 0.903 bits per heavy atom. The van der Waals surface area contributed by atoms with Crippen LogP contribution in [0.5, 0.6) is 0 Å². The second-order valence-electron chi connectivity index (χ2n) is 7.85. The minimum absolute atomic E-state index is 0.127. The number of hydrogen-bond donors (Lipinski definition) is 7. The van der Waals surface area contributed by atoms with E-state index < -0.39 is 66.2 Å². The number of thiol groups is 1. The van der Waals surface area contributed by atoms with Gasteiger partial charge in [0.15, 0.2) is 0 Å². The van der Waals surface area contributed by atoms with Crippen LogP contribution in [-0.2, 0) is 24.0 Å². The predicted molar refractivity (Wildman–Crippen MR) is 116 cm³/mol. The van der Waals surface area contributed by atoms with Gasteiger partial charge in [0, 0.05) is 5.75 Å². The van der Waals surface area contributed by atoms with Crippen molar-refractivity contribution in [1.29, 1.82) is 0 Å². The van der Waals surface area contributed by atoms with Gasteiger partial charge in [-0.3, -0.25) is 19.2 Å². The molecule has 0 fully saturated rings. The lowest BCUT2D eigenvalue weighted by Gasteiger charge is -2.25. The van der Waals surface area contributed by atoms with Crippen molar-refractivity contribution >= 4 is 42.3 Å². The van der Waals surface area contributed by atoms with Gasteiger partial charge in [0.25, 0.3) is 0 Å². The summed E-state index contributed by atoms with van der Waals surface area (Å²) in [5, 5.41) is 25.4. The summed E-state index contributed by atoms with van der Waals surface area (Å²) in [6.07, 6.45) is 0.0745. The fraction of sp³-hybridized carbons (Fsp3) is 0.737. The first-order valence-electron chi connectivity index (χ1n) is 10.1. The molecule has 0 aliphatic heterocycles. The molecule has 0 spiro atoms. The van der Waals surface area contributed by atoms with Crippen molar-refractivity contribution in [1.82, 2.24) is 16.0 Å². The number of carbonyl (C=O) groups is 5. The van der Waals surface area contributed by atoms with Crippen molar-refractivity contribution in [2.75, 3.05) is 5.75 Å². The van der Waals surface area contributed by atoms with Crippen molar-refractivity contribution in [3.05, 3.63) is 0 Å². The largest absolute Gasteiger partial charge is 0.481 e. The number of nitrogens with two attached hydrogens (primary N) is 1. The van der Waals surface area contributed by atoms with Gasteiger partial charge in [0.05, 0.1) is 12.5 Å². The highest BCUT2D eigenvalue weighted by Gasteiger charge is 2.32. The second kappa shape index (κ2) is 13.9. The minimum Gasteiger partial charge on any atom is -0.481 e. The van der Waals surface area contributed by atoms with Crippen molar-refractivity contribution in [3.63, 3.8) is 0 Å². The van der Waals surface area contributed by atoms with Gasteiger partial charge in [0.2, 0.25) is 17.7 Å². The second-order valence-corrected chi connectivity index (χ2v) is 8.21. The molecule has 5 unspecified atom stereocenters. The monoisotopic (exact) mass is 462 g/mol. The molecule has 0 aromatic carbocycles. The summed E-state index contributed by atoms with van der Waals surface area (Å²) >= 11 is 4.02. The van der Waals surface area contributed by atoms with Gasteiger partial charge in [-0.25, -0.2) is 4.79 Å². The number of amides is 3.